The lowest BCUT2D eigenvalue weighted by molar-refractivity contribution is -0.0775. The number of benzene rings is 1. The van der Waals surface area contributed by atoms with Gasteiger partial charge in [-0.25, -0.2) is 5.06 Å². The summed E-state index contributed by atoms with van der Waals surface area (Å²) >= 11 is 0. The molecule has 0 saturated carbocycles. The summed E-state index contributed by atoms with van der Waals surface area (Å²) < 4.78 is 69.0. The Hall–Kier alpha value is -2.60. The van der Waals surface area contributed by atoms with E-state index in [4.69, 9.17) is 4.42 Å². The van der Waals surface area contributed by atoms with Crippen molar-refractivity contribution >= 4 is 16.0 Å². The molecule has 1 aromatic carbocycles. The second-order valence-corrected chi connectivity index (χ2v) is 6.03. The van der Waals surface area contributed by atoms with Crippen LogP contribution >= 0.6 is 0 Å². The third kappa shape index (κ3) is 3.91. The molecule has 12 heteroatoms. The molecule has 1 aromatic heterocycles. The van der Waals surface area contributed by atoms with Crippen LogP contribution in [0.2, 0.25) is 0 Å². The van der Waals surface area contributed by atoms with Gasteiger partial charge >= 0.3 is 21.5 Å². The first-order valence-electron chi connectivity index (χ1n) is 6.46. The Morgan fingerprint density at radius 3 is 2.36 bits per heavy atom. The summed E-state index contributed by atoms with van der Waals surface area (Å²) in [6.07, 6.45) is 0. The van der Waals surface area contributed by atoms with Crippen LogP contribution < -0.4 is 4.18 Å². The van der Waals surface area contributed by atoms with Crippen LogP contribution in [-0.2, 0) is 15.0 Å². The Morgan fingerprint density at radius 1 is 1.24 bits per heavy atom. The van der Waals surface area contributed by atoms with E-state index >= 15 is 0 Å². The molecule has 0 spiro atoms. The first-order chi connectivity index (χ1) is 11.6. The molecule has 1 heterocycles. The van der Waals surface area contributed by atoms with Crippen LogP contribution in [0.15, 0.2) is 34.7 Å². The largest absolute Gasteiger partial charge is 0.534 e. The van der Waals surface area contributed by atoms with E-state index in [1.165, 1.54) is 12.1 Å². The predicted molar refractivity (Wildman–Crippen MR) is 76.6 cm³/mol. The van der Waals surface area contributed by atoms with Crippen molar-refractivity contribution in [3.63, 3.8) is 0 Å². The predicted octanol–water partition coefficient (Wildman–Crippen LogP) is 2.20. The number of alkyl halides is 3. The Kier molecular flexibility index (Phi) is 5.04. The normalized spacial score (nSPS) is 12.0. The molecule has 0 aliphatic heterocycles. The van der Waals surface area contributed by atoms with Gasteiger partial charge in [-0.2, -0.15) is 26.6 Å². The fraction of sp³-hybridized carbons (Fsp3) is 0.231. The van der Waals surface area contributed by atoms with Crippen molar-refractivity contribution in [2.45, 2.75) is 5.51 Å². The van der Waals surface area contributed by atoms with Gasteiger partial charge in [0, 0.05) is 12.6 Å². The number of aromatic nitrogens is 1. The lowest BCUT2D eigenvalue weighted by Crippen LogP contribution is -2.30. The minimum atomic E-state index is -6.04. The van der Waals surface area contributed by atoms with Gasteiger partial charge in [0.25, 0.3) is 11.6 Å². The zero-order valence-electron chi connectivity index (χ0n) is 12.8. The van der Waals surface area contributed by atoms with Crippen LogP contribution in [0.5, 0.6) is 5.88 Å². The standard InChI is InChI=1S/C13H11F3N2O6S/c1-18(22-2)12(19)9-11(24-25(20,21)13(14,15)16)17-10(23-9)8-6-4-3-5-7-8/h3-7H,1-2H3. The average Bonchev–Trinajstić information content (AvgIpc) is 2.96. The molecule has 136 valence electrons. The Balaban J connectivity index is 2.53. The van der Waals surface area contributed by atoms with Gasteiger partial charge in [0.05, 0.1) is 7.11 Å². The van der Waals surface area contributed by atoms with Crippen molar-refractivity contribution in [3.05, 3.63) is 36.1 Å². The maximum Gasteiger partial charge on any atom is 0.534 e. The molecule has 0 saturated heterocycles. The molecule has 25 heavy (non-hydrogen) atoms. The zero-order valence-corrected chi connectivity index (χ0v) is 13.6. The highest BCUT2D eigenvalue weighted by Gasteiger charge is 2.50. The number of oxazole rings is 1. The van der Waals surface area contributed by atoms with E-state index in [0.29, 0.717) is 5.06 Å². The van der Waals surface area contributed by atoms with Crippen LogP contribution in [0, 0.1) is 0 Å². The van der Waals surface area contributed by atoms with Crippen LogP contribution in [-0.4, -0.2) is 44.0 Å². The summed E-state index contributed by atoms with van der Waals surface area (Å²) in [5, 5.41) is 0.600. The lowest BCUT2D eigenvalue weighted by atomic mass is 10.2. The number of amides is 1. The van der Waals surface area contributed by atoms with Crippen LogP contribution in [0.25, 0.3) is 11.5 Å². The topological polar surface area (TPSA) is 98.9 Å². The first kappa shape index (κ1) is 18.7. The van der Waals surface area contributed by atoms with Gasteiger partial charge in [0.15, 0.2) is 0 Å². The van der Waals surface area contributed by atoms with Crippen LogP contribution in [0.3, 0.4) is 0 Å². The molecule has 0 aliphatic rings. The molecule has 8 nitrogen and oxygen atoms in total. The molecule has 0 bridgehead atoms. The Labute approximate surface area is 139 Å². The molecule has 1 amide bonds. The van der Waals surface area contributed by atoms with Crippen LogP contribution in [0.1, 0.15) is 10.6 Å². The molecule has 0 fully saturated rings. The number of carbonyl (C=O) groups is 1. The molecule has 2 aromatic rings. The van der Waals surface area contributed by atoms with Crippen molar-refractivity contribution in [1.29, 1.82) is 0 Å². The zero-order chi connectivity index (χ0) is 18.8. The monoisotopic (exact) mass is 380 g/mol. The highest BCUT2D eigenvalue weighted by molar-refractivity contribution is 7.87. The van der Waals surface area contributed by atoms with E-state index < -0.39 is 33.2 Å². The van der Waals surface area contributed by atoms with E-state index in [9.17, 15) is 26.4 Å². The number of nitrogens with zero attached hydrogens (tertiary/aromatic N) is 2. The average molecular weight is 380 g/mol. The number of halogens is 3. The van der Waals surface area contributed by atoms with Crippen molar-refractivity contribution < 1.29 is 39.8 Å². The van der Waals surface area contributed by atoms with E-state index in [1.54, 1.807) is 18.2 Å². The van der Waals surface area contributed by atoms with E-state index in [2.05, 4.69) is 14.0 Å². The number of rotatable bonds is 5. The van der Waals surface area contributed by atoms with Gasteiger partial charge < -0.3 is 8.60 Å². The minimum absolute atomic E-state index is 0.288. The summed E-state index contributed by atoms with van der Waals surface area (Å²) in [5.74, 6) is -3.41. The molecule has 2 rings (SSSR count). The van der Waals surface area contributed by atoms with Crippen molar-refractivity contribution in [2.75, 3.05) is 14.2 Å². The molecule has 0 N–H and O–H groups in total. The van der Waals surface area contributed by atoms with Gasteiger partial charge in [-0.15, -0.1) is 0 Å². The SMILES string of the molecule is CON(C)C(=O)c1oc(-c2ccccc2)nc1OS(=O)(=O)C(F)(F)F. The summed E-state index contributed by atoms with van der Waals surface area (Å²) in [6.45, 7) is 0. The summed E-state index contributed by atoms with van der Waals surface area (Å²) in [7, 11) is -3.80. The smallest absolute Gasteiger partial charge is 0.427 e. The van der Waals surface area contributed by atoms with E-state index in [-0.39, 0.29) is 11.5 Å². The molecule has 0 aliphatic carbocycles. The maximum atomic E-state index is 12.5. The van der Waals surface area contributed by atoms with Crippen molar-refractivity contribution in [1.82, 2.24) is 10.0 Å². The highest BCUT2D eigenvalue weighted by atomic mass is 32.2. The van der Waals surface area contributed by atoms with E-state index in [1.807, 2.05) is 0 Å². The van der Waals surface area contributed by atoms with E-state index in [0.717, 1.165) is 14.2 Å². The Morgan fingerprint density at radius 2 is 1.84 bits per heavy atom. The highest BCUT2D eigenvalue weighted by Crippen LogP contribution is 2.32. The fourth-order valence-corrected chi connectivity index (χ4v) is 1.99. The summed E-state index contributed by atoms with van der Waals surface area (Å²) in [4.78, 5) is 20.2. The minimum Gasteiger partial charge on any atom is -0.427 e. The number of carbonyl (C=O) groups excluding carboxylic acids is 1. The maximum absolute atomic E-state index is 12.5. The van der Waals surface area contributed by atoms with Crippen LogP contribution in [0.4, 0.5) is 13.2 Å². The number of hydrogen-bond donors (Lipinski definition) is 0. The molecular formula is C13H11F3N2O6S. The lowest BCUT2D eigenvalue weighted by Gasteiger charge is -2.12. The second-order valence-electron chi connectivity index (χ2n) is 4.49. The van der Waals surface area contributed by atoms with Gasteiger partial charge in [0.2, 0.25) is 5.89 Å². The van der Waals surface area contributed by atoms with Gasteiger partial charge in [-0.05, 0) is 12.1 Å². The molecular weight excluding hydrogens is 369 g/mol. The second kappa shape index (κ2) is 6.72. The molecule has 0 radical (unpaired) electrons. The van der Waals surface area contributed by atoms with Gasteiger partial charge in [0.1, 0.15) is 0 Å². The third-order valence-corrected chi connectivity index (χ3v) is 3.79. The first-order valence-corrected chi connectivity index (χ1v) is 7.87. The summed E-state index contributed by atoms with van der Waals surface area (Å²) in [6, 6.07) is 7.79. The molecule has 0 unspecified atom stereocenters. The third-order valence-electron chi connectivity index (χ3n) is 2.84. The summed E-state index contributed by atoms with van der Waals surface area (Å²) in [5.41, 5.74) is -5.41. The van der Waals surface area contributed by atoms with Crippen molar-refractivity contribution in [2.24, 2.45) is 0 Å². The fourth-order valence-electron chi connectivity index (χ4n) is 1.58. The number of hydroxylamine groups is 2. The van der Waals surface area contributed by atoms with Crippen molar-refractivity contribution in [3.8, 4) is 17.3 Å². The molecule has 0 atom stereocenters. The number of hydrogen-bond acceptors (Lipinski definition) is 7. The quantitative estimate of drug-likeness (QED) is 0.445. The van der Waals surface area contributed by atoms with Gasteiger partial charge in [-0.3, -0.25) is 9.63 Å². The Bertz CT molecular complexity index is 864. The van der Waals surface area contributed by atoms with Gasteiger partial charge in [-0.1, -0.05) is 18.2 Å².